The van der Waals surface area contributed by atoms with E-state index in [1.165, 1.54) is 0 Å². The molecule has 1 aromatic carbocycles. The predicted molar refractivity (Wildman–Crippen MR) is 117 cm³/mol. The molecule has 1 unspecified atom stereocenters. The largest absolute Gasteiger partial charge is 0.372 e. The minimum absolute atomic E-state index is 0.0268. The van der Waals surface area contributed by atoms with Crippen LogP contribution in [0.4, 0.5) is 0 Å². The molecule has 0 spiro atoms. The molecule has 0 saturated carbocycles. The fourth-order valence-electron chi connectivity index (χ4n) is 3.90. The predicted octanol–water partition coefficient (Wildman–Crippen LogP) is 4.30. The average Bonchev–Trinajstić information content (AvgIpc) is 3.30. The maximum Gasteiger partial charge on any atom is 0.268 e. The molecule has 0 bridgehead atoms. The molecule has 4 aromatic rings. The fraction of sp³-hybridized carbons (Fsp3) is 0.381. The first-order chi connectivity index (χ1) is 14.1. The van der Waals surface area contributed by atoms with Gasteiger partial charge in [-0.1, -0.05) is 50.7 Å². The molecule has 0 fully saturated rings. The Balaban J connectivity index is 1.89. The van der Waals surface area contributed by atoms with Gasteiger partial charge in [0, 0.05) is 11.3 Å². The standard InChI is InChI=1S/C21H22N4O2S2/c1-4-28-21-23-22-20-24(13-8-6-5-7-9-13)18(26)17-14-10-15(12(2)3)27-11-16(14)29-19(17)25(20)21/h5-9,12,15H,4,10-11H2,1-3H3. The van der Waals surface area contributed by atoms with Crippen LogP contribution >= 0.6 is 23.1 Å². The number of rotatable bonds is 4. The zero-order valence-corrected chi connectivity index (χ0v) is 18.2. The van der Waals surface area contributed by atoms with Crippen molar-refractivity contribution in [1.29, 1.82) is 0 Å². The van der Waals surface area contributed by atoms with E-state index in [0.717, 1.165) is 43.7 Å². The Kier molecular flexibility index (Phi) is 4.72. The quantitative estimate of drug-likeness (QED) is 0.455. The number of benzene rings is 1. The van der Waals surface area contributed by atoms with Crippen LogP contribution in [0.2, 0.25) is 0 Å². The Morgan fingerprint density at radius 3 is 2.79 bits per heavy atom. The van der Waals surface area contributed by atoms with Gasteiger partial charge in [0.25, 0.3) is 5.56 Å². The highest BCUT2D eigenvalue weighted by Gasteiger charge is 2.30. The first-order valence-corrected chi connectivity index (χ1v) is 11.6. The molecule has 1 aliphatic heterocycles. The summed E-state index contributed by atoms with van der Waals surface area (Å²) in [6.45, 7) is 6.99. The third-order valence-corrected chi connectivity index (χ3v) is 7.38. The van der Waals surface area contributed by atoms with Crippen LogP contribution in [0.5, 0.6) is 0 Å². The number of para-hydroxylation sites is 1. The summed E-state index contributed by atoms with van der Waals surface area (Å²) in [6, 6.07) is 9.70. The zero-order valence-electron chi connectivity index (χ0n) is 16.6. The van der Waals surface area contributed by atoms with Gasteiger partial charge in [-0.05, 0) is 29.4 Å². The number of thiophene rings is 1. The van der Waals surface area contributed by atoms with Gasteiger partial charge in [-0.25, -0.2) is 8.97 Å². The molecule has 1 aliphatic rings. The van der Waals surface area contributed by atoms with Crippen LogP contribution in [0.1, 0.15) is 31.2 Å². The molecule has 5 rings (SSSR count). The van der Waals surface area contributed by atoms with Gasteiger partial charge in [-0.2, -0.15) is 0 Å². The Hall–Kier alpha value is -2.16. The SMILES string of the molecule is CCSc1nnc2n(-c3ccccc3)c(=O)c3c4c(sc3n12)COC(C(C)C)C4. The summed E-state index contributed by atoms with van der Waals surface area (Å²) in [5, 5.41) is 10.4. The molecule has 1 atom stereocenters. The van der Waals surface area contributed by atoms with Crippen molar-refractivity contribution in [2.75, 3.05) is 5.75 Å². The van der Waals surface area contributed by atoms with Gasteiger partial charge in [-0.3, -0.25) is 4.79 Å². The molecule has 0 aliphatic carbocycles. The summed E-state index contributed by atoms with van der Waals surface area (Å²) in [6.07, 6.45) is 0.895. The van der Waals surface area contributed by atoms with Gasteiger partial charge < -0.3 is 4.74 Å². The molecule has 0 amide bonds. The number of hydrogen-bond acceptors (Lipinski definition) is 6. The lowest BCUT2D eigenvalue weighted by Crippen LogP contribution is -2.28. The lowest BCUT2D eigenvalue weighted by molar-refractivity contribution is 0.00200. The van der Waals surface area contributed by atoms with Gasteiger partial charge in [0.2, 0.25) is 5.78 Å². The van der Waals surface area contributed by atoms with E-state index in [4.69, 9.17) is 4.74 Å². The first-order valence-electron chi connectivity index (χ1n) is 9.84. The van der Waals surface area contributed by atoms with Gasteiger partial charge in [0.05, 0.1) is 23.8 Å². The molecule has 8 heteroatoms. The van der Waals surface area contributed by atoms with E-state index >= 15 is 0 Å². The van der Waals surface area contributed by atoms with Crippen LogP contribution in [0.3, 0.4) is 0 Å². The Labute approximate surface area is 176 Å². The van der Waals surface area contributed by atoms with Crippen LogP contribution < -0.4 is 5.56 Å². The van der Waals surface area contributed by atoms with E-state index < -0.39 is 0 Å². The summed E-state index contributed by atoms with van der Waals surface area (Å²) < 4.78 is 9.82. The number of ether oxygens (including phenoxy) is 1. The first kappa shape index (κ1) is 18.8. The molecule has 0 saturated heterocycles. The van der Waals surface area contributed by atoms with Crippen molar-refractivity contribution in [3.63, 3.8) is 0 Å². The van der Waals surface area contributed by atoms with Crippen LogP contribution in [0.25, 0.3) is 21.7 Å². The number of thioether (sulfide) groups is 1. The maximum atomic E-state index is 13.8. The van der Waals surface area contributed by atoms with Crippen LogP contribution in [-0.2, 0) is 17.8 Å². The van der Waals surface area contributed by atoms with E-state index in [0.29, 0.717) is 18.3 Å². The highest BCUT2D eigenvalue weighted by atomic mass is 32.2. The smallest absolute Gasteiger partial charge is 0.268 e. The minimum atomic E-state index is -0.0268. The van der Waals surface area contributed by atoms with Crippen molar-refractivity contribution in [2.24, 2.45) is 5.92 Å². The summed E-state index contributed by atoms with van der Waals surface area (Å²) in [5.74, 6) is 1.85. The van der Waals surface area contributed by atoms with Gasteiger partial charge in [-0.15, -0.1) is 21.5 Å². The molecule has 6 nitrogen and oxygen atoms in total. The Morgan fingerprint density at radius 2 is 2.07 bits per heavy atom. The summed E-state index contributed by atoms with van der Waals surface area (Å²) in [4.78, 5) is 15.8. The van der Waals surface area contributed by atoms with E-state index in [1.54, 1.807) is 27.7 Å². The minimum Gasteiger partial charge on any atom is -0.372 e. The maximum absolute atomic E-state index is 13.8. The topological polar surface area (TPSA) is 61.4 Å². The number of fused-ring (bicyclic) bond motifs is 5. The highest BCUT2D eigenvalue weighted by molar-refractivity contribution is 7.99. The van der Waals surface area contributed by atoms with Gasteiger partial charge >= 0.3 is 0 Å². The summed E-state index contributed by atoms with van der Waals surface area (Å²) in [7, 11) is 0. The van der Waals surface area contributed by atoms with Crippen LogP contribution in [0.15, 0.2) is 40.3 Å². The van der Waals surface area contributed by atoms with Crippen molar-refractivity contribution in [3.8, 4) is 5.69 Å². The number of hydrogen-bond donors (Lipinski definition) is 0. The van der Waals surface area contributed by atoms with E-state index in [1.807, 2.05) is 34.7 Å². The normalized spacial score (nSPS) is 16.8. The van der Waals surface area contributed by atoms with Crippen molar-refractivity contribution >= 4 is 39.1 Å². The molecular weight excluding hydrogens is 404 g/mol. The summed E-state index contributed by atoms with van der Waals surface area (Å²) >= 11 is 3.27. The molecule has 4 heterocycles. The highest BCUT2D eigenvalue weighted by Crippen LogP contribution is 2.37. The monoisotopic (exact) mass is 426 g/mol. The lowest BCUT2D eigenvalue weighted by Gasteiger charge is -2.26. The zero-order chi connectivity index (χ0) is 20.1. The van der Waals surface area contributed by atoms with E-state index in [9.17, 15) is 4.79 Å². The van der Waals surface area contributed by atoms with Crippen LogP contribution in [0, 0.1) is 5.92 Å². The fourth-order valence-corrected chi connectivity index (χ4v) is 5.86. The number of nitrogens with zero attached hydrogens (tertiary/aromatic N) is 4. The molecule has 0 radical (unpaired) electrons. The Morgan fingerprint density at radius 1 is 1.28 bits per heavy atom. The average molecular weight is 427 g/mol. The lowest BCUT2D eigenvalue weighted by atomic mass is 9.96. The summed E-state index contributed by atoms with van der Waals surface area (Å²) in [5.41, 5.74) is 1.91. The van der Waals surface area contributed by atoms with E-state index in [-0.39, 0.29) is 11.7 Å². The molecule has 0 N–H and O–H groups in total. The van der Waals surface area contributed by atoms with Crippen molar-refractivity contribution in [3.05, 3.63) is 51.1 Å². The second-order valence-corrected chi connectivity index (χ2v) is 9.82. The van der Waals surface area contributed by atoms with Crippen molar-refractivity contribution < 1.29 is 4.74 Å². The van der Waals surface area contributed by atoms with Crippen molar-refractivity contribution in [2.45, 2.75) is 45.1 Å². The van der Waals surface area contributed by atoms with Crippen molar-refractivity contribution in [1.82, 2.24) is 19.2 Å². The second kappa shape index (κ2) is 7.27. The van der Waals surface area contributed by atoms with Gasteiger partial charge in [0.1, 0.15) is 4.83 Å². The number of aromatic nitrogens is 4. The molecule has 150 valence electrons. The van der Waals surface area contributed by atoms with Crippen LogP contribution in [-0.4, -0.2) is 31.0 Å². The third-order valence-electron chi connectivity index (χ3n) is 5.37. The Bertz CT molecular complexity index is 1260. The second-order valence-electron chi connectivity index (χ2n) is 7.51. The molecule has 29 heavy (non-hydrogen) atoms. The van der Waals surface area contributed by atoms with E-state index in [2.05, 4.69) is 31.0 Å². The third kappa shape index (κ3) is 2.93. The molecule has 3 aromatic heterocycles. The molecular formula is C21H22N4O2S2. The van der Waals surface area contributed by atoms with Gasteiger partial charge in [0.15, 0.2) is 5.16 Å².